The summed E-state index contributed by atoms with van der Waals surface area (Å²) in [5.41, 5.74) is 0.616. The van der Waals surface area contributed by atoms with E-state index < -0.39 is 11.8 Å². The second-order valence-electron chi connectivity index (χ2n) is 4.63. The minimum absolute atomic E-state index is 0.135. The number of benzene rings is 1. The lowest BCUT2D eigenvalue weighted by Crippen LogP contribution is -2.37. The first-order valence-corrected chi connectivity index (χ1v) is 6.74. The topological polar surface area (TPSA) is 92.4 Å². The van der Waals surface area contributed by atoms with Gasteiger partial charge in [0.1, 0.15) is 17.9 Å². The van der Waals surface area contributed by atoms with Gasteiger partial charge in [-0.2, -0.15) is 4.73 Å². The fourth-order valence-electron chi connectivity index (χ4n) is 2.02. The molecule has 0 saturated carbocycles. The van der Waals surface area contributed by atoms with Gasteiger partial charge >= 0.3 is 5.97 Å². The lowest BCUT2D eigenvalue weighted by molar-refractivity contribution is -0.580. The molecule has 2 aromatic rings. The number of carbonyl (C=O) groups excluding carboxylic acids is 2. The molecule has 0 aliphatic carbocycles. The van der Waals surface area contributed by atoms with Crippen LogP contribution in [-0.4, -0.2) is 23.8 Å². The molecule has 116 valence electrons. The third-order valence-corrected chi connectivity index (χ3v) is 3.13. The highest BCUT2D eigenvalue weighted by molar-refractivity contribution is 5.93. The second kappa shape index (κ2) is 6.38. The number of aromatic nitrogens is 2. The molecule has 0 spiro atoms. The van der Waals surface area contributed by atoms with Crippen LogP contribution in [0.4, 0.5) is 0 Å². The van der Waals surface area contributed by atoms with Gasteiger partial charge in [-0.25, -0.2) is 4.98 Å². The van der Waals surface area contributed by atoms with Crippen LogP contribution in [0.5, 0.6) is 5.75 Å². The van der Waals surface area contributed by atoms with Crippen molar-refractivity contribution in [2.24, 2.45) is 0 Å². The van der Waals surface area contributed by atoms with Gasteiger partial charge in [-0.05, 0) is 12.1 Å². The predicted molar refractivity (Wildman–Crippen MR) is 77.3 cm³/mol. The highest BCUT2D eigenvalue weighted by atomic mass is 16.5. The number of nitrogens with zero attached hydrogens (tertiary/aromatic N) is 2. The van der Waals surface area contributed by atoms with Gasteiger partial charge in [-0.15, -0.1) is 0 Å². The maximum Gasteiger partial charge on any atom is 0.305 e. The van der Waals surface area contributed by atoms with E-state index in [1.807, 2.05) is 0 Å². The number of hydrogen-bond donors (Lipinski definition) is 0. The van der Waals surface area contributed by atoms with Crippen LogP contribution in [-0.2, 0) is 16.1 Å². The van der Waals surface area contributed by atoms with Gasteiger partial charge in [-0.1, -0.05) is 6.92 Å². The normalized spacial score (nSPS) is 10.5. The summed E-state index contributed by atoms with van der Waals surface area (Å²) in [6.07, 6.45) is 0.206. The minimum Gasteiger partial charge on any atom is -0.618 e. The standard InChI is InChI=1S/C15H16N2O5/c1-4-14(19)22-8-12-15(9(2)18)17(20)13-7-10(21-3)5-6-11(13)16-12/h5-7H,4,8H2,1-3H3. The summed E-state index contributed by atoms with van der Waals surface area (Å²) in [5.74, 6) is -0.392. The number of methoxy groups -OCH3 is 1. The van der Waals surface area contributed by atoms with E-state index >= 15 is 0 Å². The molecule has 0 amide bonds. The van der Waals surface area contributed by atoms with E-state index in [0.29, 0.717) is 16.0 Å². The molecule has 7 heteroatoms. The number of rotatable bonds is 5. The lowest BCUT2D eigenvalue weighted by Gasteiger charge is -2.11. The molecule has 0 aliphatic rings. The molecule has 2 rings (SSSR count). The summed E-state index contributed by atoms with van der Waals surface area (Å²) in [5, 5.41) is 12.4. The van der Waals surface area contributed by atoms with E-state index in [1.165, 1.54) is 20.1 Å². The van der Waals surface area contributed by atoms with Gasteiger partial charge in [0.2, 0.25) is 11.3 Å². The fourth-order valence-corrected chi connectivity index (χ4v) is 2.02. The molecule has 0 fully saturated rings. The highest BCUT2D eigenvalue weighted by Crippen LogP contribution is 2.19. The Labute approximate surface area is 127 Å². The van der Waals surface area contributed by atoms with Gasteiger partial charge in [0.25, 0.3) is 5.69 Å². The molecule has 0 atom stereocenters. The van der Waals surface area contributed by atoms with Gasteiger partial charge in [0.05, 0.1) is 13.2 Å². The maximum atomic E-state index is 12.4. The van der Waals surface area contributed by atoms with E-state index in [0.717, 1.165) is 0 Å². The number of ketones is 1. The zero-order valence-electron chi connectivity index (χ0n) is 12.6. The van der Waals surface area contributed by atoms with Crippen molar-refractivity contribution < 1.29 is 23.8 Å². The molecule has 1 heterocycles. The lowest BCUT2D eigenvalue weighted by atomic mass is 10.2. The Bertz CT molecular complexity index is 742. The molecule has 0 unspecified atom stereocenters. The third kappa shape index (κ3) is 2.98. The van der Waals surface area contributed by atoms with Gasteiger partial charge < -0.3 is 14.7 Å². The maximum absolute atomic E-state index is 12.4. The second-order valence-corrected chi connectivity index (χ2v) is 4.63. The summed E-state index contributed by atoms with van der Waals surface area (Å²) >= 11 is 0. The van der Waals surface area contributed by atoms with Crippen molar-refractivity contribution >= 4 is 22.8 Å². The van der Waals surface area contributed by atoms with Gasteiger partial charge in [0.15, 0.2) is 5.69 Å². The number of Topliss-reactive ketones (excluding diaryl/α,β-unsaturated/α-hetero) is 1. The van der Waals surface area contributed by atoms with Crippen LogP contribution in [0, 0.1) is 5.21 Å². The molecule has 22 heavy (non-hydrogen) atoms. The predicted octanol–water partition coefficient (Wildman–Crippen LogP) is 1.53. The zero-order chi connectivity index (χ0) is 16.3. The van der Waals surface area contributed by atoms with Gasteiger partial charge in [-0.3, -0.25) is 9.59 Å². The van der Waals surface area contributed by atoms with E-state index in [2.05, 4.69) is 4.98 Å². The smallest absolute Gasteiger partial charge is 0.305 e. The number of fused-ring (bicyclic) bond motifs is 1. The Hall–Kier alpha value is -2.70. The number of esters is 1. The minimum atomic E-state index is -0.449. The van der Waals surface area contributed by atoms with Crippen LogP contribution >= 0.6 is 0 Å². The quantitative estimate of drug-likeness (QED) is 0.360. The number of hydrogen-bond acceptors (Lipinski definition) is 6. The van der Waals surface area contributed by atoms with Crippen molar-refractivity contribution in [1.82, 2.24) is 4.98 Å². The Morgan fingerprint density at radius 2 is 2.09 bits per heavy atom. The first-order chi connectivity index (χ1) is 10.5. The molecule has 7 nitrogen and oxygen atoms in total. The molecule has 0 saturated heterocycles. The van der Waals surface area contributed by atoms with E-state index in [1.54, 1.807) is 19.1 Å². The van der Waals surface area contributed by atoms with Crippen LogP contribution in [0.15, 0.2) is 18.2 Å². The van der Waals surface area contributed by atoms with Crippen LogP contribution in [0.25, 0.3) is 11.0 Å². The van der Waals surface area contributed by atoms with Crippen molar-refractivity contribution in [3.8, 4) is 5.75 Å². The Balaban J connectivity index is 2.57. The molecule has 1 aromatic carbocycles. The van der Waals surface area contributed by atoms with Crippen LogP contribution in [0.2, 0.25) is 0 Å². The summed E-state index contributed by atoms with van der Waals surface area (Å²) in [6.45, 7) is 2.70. The summed E-state index contributed by atoms with van der Waals surface area (Å²) < 4.78 is 10.6. The van der Waals surface area contributed by atoms with Crippen molar-refractivity contribution in [3.05, 3.63) is 34.8 Å². The van der Waals surface area contributed by atoms with Crippen molar-refractivity contribution in [2.45, 2.75) is 26.9 Å². The number of carbonyl (C=O) groups is 2. The Kier molecular flexibility index (Phi) is 4.55. The zero-order valence-corrected chi connectivity index (χ0v) is 12.6. The van der Waals surface area contributed by atoms with E-state index in [4.69, 9.17) is 9.47 Å². The molecule has 0 aliphatic heterocycles. The molecule has 0 bridgehead atoms. The SMILES string of the molecule is CCC(=O)OCc1nc2ccc(OC)cc2[n+]([O-])c1C(C)=O. The molecule has 0 N–H and O–H groups in total. The summed E-state index contributed by atoms with van der Waals surface area (Å²) in [4.78, 5) is 27.3. The Morgan fingerprint density at radius 3 is 2.68 bits per heavy atom. The van der Waals surface area contributed by atoms with Crippen LogP contribution < -0.4 is 9.47 Å². The van der Waals surface area contributed by atoms with E-state index in [9.17, 15) is 14.8 Å². The van der Waals surface area contributed by atoms with Crippen molar-refractivity contribution in [1.29, 1.82) is 0 Å². The highest BCUT2D eigenvalue weighted by Gasteiger charge is 2.24. The van der Waals surface area contributed by atoms with Crippen molar-refractivity contribution in [2.75, 3.05) is 7.11 Å². The summed E-state index contributed by atoms with van der Waals surface area (Å²) in [7, 11) is 1.48. The number of ether oxygens (including phenoxy) is 2. The Morgan fingerprint density at radius 1 is 1.36 bits per heavy atom. The first-order valence-electron chi connectivity index (χ1n) is 6.74. The van der Waals surface area contributed by atoms with E-state index in [-0.39, 0.29) is 29.9 Å². The van der Waals surface area contributed by atoms with Crippen LogP contribution in [0.3, 0.4) is 0 Å². The monoisotopic (exact) mass is 304 g/mol. The first kappa shape index (κ1) is 15.7. The van der Waals surface area contributed by atoms with Crippen LogP contribution in [0.1, 0.15) is 36.5 Å². The molecular formula is C15H16N2O5. The fraction of sp³-hybridized carbons (Fsp3) is 0.333. The molecule has 1 aromatic heterocycles. The van der Waals surface area contributed by atoms with Crippen molar-refractivity contribution in [3.63, 3.8) is 0 Å². The average molecular weight is 304 g/mol. The molecular weight excluding hydrogens is 288 g/mol. The summed E-state index contributed by atoms with van der Waals surface area (Å²) in [6, 6.07) is 4.77. The largest absolute Gasteiger partial charge is 0.618 e. The van der Waals surface area contributed by atoms with Gasteiger partial charge in [0, 0.05) is 13.3 Å². The third-order valence-electron chi connectivity index (χ3n) is 3.13. The average Bonchev–Trinajstić information content (AvgIpc) is 2.51. The molecule has 0 radical (unpaired) electrons.